The summed E-state index contributed by atoms with van der Waals surface area (Å²) < 4.78 is 0. The molecule has 3 aromatic heterocycles. The van der Waals surface area contributed by atoms with E-state index in [1.807, 2.05) is 55.0 Å². The van der Waals surface area contributed by atoms with Crippen molar-refractivity contribution in [1.82, 2.24) is 14.9 Å². The normalized spacial score (nSPS) is 14.3. The Morgan fingerprint density at radius 3 is 2.59 bits per heavy atom. The van der Waals surface area contributed by atoms with Crippen LogP contribution in [0, 0.1) is 6.92 Å². The Kier molecular flexibility index (Phi) is 6.99. The molecule has 174 valence electrons. The fourth-order valence-electron chi connectivity index (χ4n) is 4.20. The molecule has 1 N–H and O–H groups in total. The fourth-order valence-corrected chi connectivity index (χ4v) is 5.95. The average Bonchev–Trinajstić information content (AvgIpc) is 3.54. The van der Waals surface area contributed by atoms with Crippen LogP contribution in [0.3, 0.4) is 0 Å². The number of amides is 1. The van der Waals surface area contributed by atoms with Gasteiger partial charge in [-0.3, -0.25) is 14.7 Å². The van der Waals surface area contributed by atoms with Gasteiger partial charge in [-0.15, -0.1) is 22.7 Å². The minimum Gasteiger partial charge on any atom is -0.367 e. The summed E-state index contributed by atoms with van der Waals surface area (Å²) in [5.41, 5.74) is 4.02. The van der Waals surface area contributed by atoms with Gasteiger partial charge in [0.15, 0.2) is 0 Å². The number of aromatic nitrogens is 2. The van der Waals surface area contributed by atoms with Crippen LogP contribution in [0.1, 0.15) is 20.9 Å². The molecule has 0 unspecified atom stereocenters. The molecule has 1 aliphatic heterocycles. The largest absolute Gasteiger partial charge is 0.367 e. The Balaban J connectivity index is 1.23. The van der Waals surface area contributed by atoms with Crippen LogP contribution >= 0.6 is 22.7 Å². The number of anilines is 2. The van der Waals surface area contributed by atoms with Crippen LogP contribution in [0.15, 0.2) is 66.3 Å². The minimum atomic E-state index is -0.0961. The molecule has 1 saturated heterocycles. The van der Waals surface area contributed by atoms with E-state index in [4.69, 9.17) is 0 Å². The molecule has 0 bridgehead atoms. The Morgan fingerprint density at radius 2 is 1.82 bits per heavy atom. The molecular formula is C26H27N5OS2. The number of nitrogens with one attached hydrogen (secondary N) is 1. The highest BCUT2D eigenvalue weighted by molar-refractivity contribution is 7.22. The van der Waals surface area contributed by atoms with Crippen molar-refractivity contribution in [2.45, 2.75) is 13.3 Å². The van der Waals surface area contributed by atoms with Gasteiger partial charge in [0.1, 0.15) is 9.88 Å². The van der Waals surface area contributed by atoms with Gasteiger partial charge in [-0.1, -0.05) is 18.2 Å². The minimum absolute atomic E-state index is 0.0961. The second-order valence-electron chi connectivity index (χ2n) is 8.32. The van der Waals surface area contributed by atoms with E-state index in [-0.39, 0.29) is 5.91 Å². The topological polar surface area (TPSA) is 61.4 Å². The second kappa shape index (κ2) is 10.5. The van der Waals surface area contributed by atoms with Crippen LogP contribution in [-0.2, 0) is 6.42 Å². The third-order valence-corrected chi connectivity index (χ3v) is 8.26. The van der Waals surface area contributed by atoms with Crippen molar-refractivity contribution in [2.75, 3.05) is 42.9 Å². The van der Waals surface area contributed by atoms with Crippen molar-refractivity contribution in [1.29, 1.82) is 0 Å². The van der Waals surface area contributed by atoms with Crippen LogP contribution in [0.2, 0.25) is 0 Å². The molecule has 5 rings (SSSR count). The first-order chi connectivity index (χ1) is 16.7. The predicted octanol–water partition coefficient (Wildman–Crippen LogP) is 5.19. The number of aryl methyl sites for hydroxylation is 1. The number of pyridine rings is 1. The van der Waals surface area contributed by atoms with Gasteiger partial charge in [0.05, 0.1) is 21.9 Å². The number of piperazine rings is 1. The van der Waals surface area contributed by atoms with Crippen LogP contribution in [0.25, 0.3) is 9.88 Å². The molecular weight excluding hydrogens is 462 g/mol. The van der Waals surface area contributed by atoms with Gasteiger partial charge in [0.25, 0.3) is 5.91 Å². The lowest BCUT2D eigenvalue weighted by Gasteiger charge is -2.37. The lowest BCUT2D eigenvalue weighted by atomic mass is 10.1. The van der Waals surface area contributed by atoms with E-state index in [0.29, 0.717) is 4.88 Å². The Labute approximate surface area is 207 Å². The first kappa shape index (κ1) is 22.7. The van der Waals surface area contributed by atoms with E-state index < -0.39 is 0 Å². The van der Waals surface area contributed by atoms with Gasteiger partial charge < -0.3 is 10.2 Å². The standard InChI is InChI=1S/C26H27N5OS2/c1-19-24(34-26(28-19)23-7-4-18-33-23)25(32)29-21-5-2-3-6-22(21)31-16-14-30(15-17-31)13-10-20-8-11-27-12-9-20/h2-9,11-12,18H,10,13-17H2,1H3,(H,29,32). The number of carbonyl (C=O) groups is 1. The predicted molar refractivity (Wildman–Crippen MR) is 141 cm³/mol. The number of carbonyl (C=O) groups excluding carboxylic acids is 1. The number of thiazole rings is 1. The molecule has 34 heavy (non-hydrogen) atoms. The average molecular weight is 490 g/mol. The molecule has 1 fully saturated rings. The molecule has 0 aliphatic carbocycles. The summed E-state index contributed by atoms with van der Waals surface area (Å²) >= 11 is 3.09. The zero-order valence-electron chi connectivity index (χ0n) is 19.1. The van der Waals surface area contributed by atoms with Gasteiger partial charge >= 0.3 is 0 Å². The zero-order chi connectivity index (χ0) is 23.3. The summed E-state index contributed by atoms with van der Waals surface area (Å²) in [7, 11) is 0. The summed E-state index contributed by atoms with van der Waals surface area (Å²) in [6.45, 7) is 6.83. The number of rotatable bonds is 7. The maximum absolute atomic E-state index is 13.2. The van der Waals surface area contributed by atoms with Crippen LogP contribution in [0.4, 0.5) is 11.4 Å². The van der Waals surface area contributed by atoms with Crippen molar-refractivity contribution in [3.8, 4) is 9.88 Å². The van der Waals surface area contributed by atoms with Crippen LogP contribution < -0.4 is 10.2 Å². The quantitative estimate of drug-likeness (QED) is 0.387. The van der Waals surface area contributed by atoms with Crippen molar-refractivity contribution >= 4 is 40.0 Å². The summed E-state index contributed by atoms with van der Waals surface area (Å²) in [6, 6.07) is 16.3. The zero-order valence-corrected chi connectivity index (χ0v) is 20.7. The molecule has 0 radical (unpaired) electrons. The van der Waals surface area contributed by atoms with Crippen LogP contribution in [-0.4, -0.2) is 53.5 Å². The lowest BCUT2D eigenvalue weighted by Crippen LogP contribution is -2.47. The van der Waals surface area contributed by atoms with E-state index in [2.05, 4.69) is 43.3 Å². The van der Waals surface area contributed by atoms with Gasteiger partial charge in [-0.25, -0.2) is 4.98 Å². The third kappa shape index (κ3) is 5.19. The number of benzene rings is 1. The first-order valence-corrected chi connectivity index (χ1v) is 13.1. The van der Waals surface area contributed by atoms with E-state index in [1.165, 1.54) is 16.9 Å². The number of hydrogen-bond acceptors (Lipinski definition) is 7. The SMILES string of the molecule is Cc1nc(-c2cccs2)sc1C(=O)Nc1ccccc1N1CCN(CCc2ccncc2)CC1. The number of hydrogen-bond donors (Lipinski definition) is 1. The van der Waals surface area contributed by atoms with E-state index in [0.717, 1.165) is 66.1 Å². The Hall–Kier alpha value is -3.07. The molecule has 0 saturated carbocycles. The first-order valence-electron chi connectivity index (χ1n) is 11.5. The van der Waals surface area contributed by atoms with Crippen molar-refractivity contribution in [2.24, 2.45) is 0 Å². The molecule has 8 heteroatoms. The summed E-state index contributed by atoms with van der Waals surface area (Å²) in [5, 5.41) is 6.08. The van der Waals surface area contributed by atoms with Gasteiger partial charge in [0, 0.05) is 45.1 Å². The van der Waals surface area contributed by atoms with Crippen molar-refractivity contribution in [3.63, 3.8) is 0 Å². The highest BCUT2D eigenvalue weighted by Gasteiger charge is 2.22. The molecule has 0 spiro atoms. The van der Waals surface area contributed by atoms with Gasteiger partial charge in [-0.05, 0) is 54.6 Å². The van der Waals surface area contributed by atoms with Crippen molar-refractivity contribution < 1.29 is 4.79 Å². The molecule has 4 aromatic rings. The molecule has 0 atom stereocenters. The van der Waals surface area contributed by atoms with Crippen LogP contribution in [0.5, 0.6) is 0 Å². The number of para-hydroxylation sites is 2. The molecule has 1 aliphatic rings. The second-order valence-corrected chi connectivity index (χ2v) is 10.3. The van der Waals surface area contributed by atoms with E-state index in [9.17, 15) is 4.79 Å². The number of thiophene rings is 1. The van der Waals surface area contributed by atoms with Gasteiger partial charge in [-0.2, -0.15) is 0 Å². The highest BCUT2D eigenvalue weighted by Crippen LogP contribution is 2.33. The smallest absolute Gasteiger partial charge is 0.267 e. The Morgan fingerprint density at radius 1 is 1.03 bits per heavy atom. The molecule has 1 amide bonds. The van der Waals surface area contributed by atoms with Crippen molar-refractivity contribution in [3.05, 3.63) is 82.4 Å². The highest BCUT2D eigenvalue weighted by atomic mass is 32.1. The maximum atomic E-state index is 13.2. The third-order valence-electron chi connectivity index (χ3n) is 6.07. The van der Waals surface area contributed by atoms with E-state index in [1.54, 1.807) is 11.3 Å². The lowest BCUT2D eigenvalue weighted by molar-refractivity contribution is 0.103. The van der Waals surface area contributed by atoms with E-state index >= 15 is 0 Å². The Bertz CT molecular complexity index is 1230. The monoisotopic (exact) mass is 489 g/mol. The molecule has 6 nitrogen and oxygen atoms in total. The van der Waals surface area contributed by atoms with Gasteiger partial charge in [0.2, 0.25) is 0 Å². The molecule has 1 aromatic carbocycles. The summed E-state index contributed by atoms with van der Waals surface area (Å²) in [5.74, 6) is -0.0961. The summed E-state index contributed by atoms with van der Waals surface area (Å²) in [4.78, 5) is 28.5. The maximum Gasteiger partial charge on any atom is 0.267 e. The fraction of sp³-hybridized carbons (Fsp3) is 0.269. The molecule has 4 heterocycles. The summed E-state index contributed by atoms with van der Waals surface area (Å²) in [6.07, 6.45) is 4.75. The number of nitrogens with zero attached hydrogens (tertiary/aromatic N) is 4.